The summed E-state index contributed by atoms with van der Waals surface area (Å²) >= 11 is 0. The molecule has 0 aromatic carbocycles. The molecule has 1 aromatic rings. The van der Waals surface area contributed by atoms with E-state index in [4.69, 9.17) is 5.73 Å². The maximum absolute atomic E-state index is 6.04. The summed E-state index contributed by atoms with van der Waals surface area (Å²) in [6, 6.07) is 4.35. The van der Waals surface area contributed by atoms with Gasteiger partial charge in [0.1, 0.15) is 0 Å². The van der Waals surface area contributed by atoms with Crippen molar-refractivity contribution in [1.29, 1.82) is 0 Å². The van der Waals surface area contributed by atoms with Crippen molar-refractivity contribution in [3.05, 3.63) is 24.0 Å². The minimum atomic E-state index is 0.0634. The molecule has 21 heavy (non-hydrogen) atoms. The van der Waals surface area contributed by atoms with E-state index in [0.29, 0.717) is 5.41 Å². The quantitative estimate of drug-likeness (QED) is 0.909. The van der Waals surface area contributed by atoms with E-state index in [-0.39, 0.29) is 6.04 Å². The van der Waals surface area contributed by atoms with Gasteiger partial charge in [0, 0.05) is 19.1 Å². The highest BCUT2D eigenvalue weighted by molar-refractivity contribution is 5.45. The van der Waals surface area contributed by atoms with E-state index < -0.39 is 0 Å². The van der Waals surface area contributed by atoms with E-state index in [1.165, 1.54) is 24.9 Å². The van der Waals surface area contributed by atoms with Gasteiger partial charge in [0.15, 0.2) is 0 Å². The number of nitrogens with zero attached hydrogens (tertiary/aromatic N) is 2. The topological polar surface area (TPSA) is 42.1 Å². The van der Waals surface area contributed by atoms with Gasteiger partial charge in [0.2, 0.25) is 0 Å². The lowest BCUT2D eigenvalue weighted by atomic mass is 9.77. The van der Waals surface area contributed by atoms with Crippen molar-refractivity contribution in [3.63, 3.8) is 0 Å². The maximum Gasteiger partial charge on any atom is 0.0572 e. The molecule has 0 aliphatic carbocycles. The van der Waals surface area contributed by atoms with Gasteiger partial charge in [-0.1, -0.05) is 27.7 Å². The first-order valence-corrected chi connectivity index (χ1v) is 8.38. The Balaban J connectivity index is 2.02. The lowest BCUT2D eigenvalue weighted by Gasteiger charge is -2.30. The Morgan fingerprint density at radius 2 is 2.05 bits per heavy atom. The zero-order valence-corrected chi connectivity index (χ0v) is 14.1. The molecular weight excluding hydrogens is 258 g/mol. The van der Waals surface area contributed by atoms with Crippen LogP contribution in [-0.2, 0) is 0 Å². The fourth-order valence-electron chi connectivity index (χ4n) is 3.23. The van der Waals surface area contributed by atoms with Crippen LogP contribution in [-0.4, -0.2) is 18.1 Å². The monoisotopic (exact) mass is 289 g/mol. The van der Waals surface area contributed by atoms with Crippen LogP contribution in [0.15, 0.2) is 18.3 Å². The fourth-order valence-corrected chi connectivity index (χ4v) is 3.23. The molecule has 2 N–H and O–H groups in total. The summed E-state index contributed by atoms with van der Waals surface area (Å²) < 4.78 is 0. The van der Waals surface area contributed by atoms with Crippen molar-refractivity contribution >= 4 is 5.69 Å². The van der Waals surface area contributed by atoms with E-state index in [1.54, 1.807) is 0 Å². The molecule has 3 heteroatoms. The van der Waals surface area contributed by atoms with Crippen LogP contribution >= 0.6 is 0 Å². The van der Waals surface area contributed by atoms with Crippen molar-refractivity contribution in [3.8, 4) is 0 Å². The van der Waals surface area contributed by atoms with Crippen molar-refractivity contribution in [1.82, 2.24) is 4.98 Å². The number of hydrogen-bond donors (Lipinski definition) is 1. The zero-order valence-electron chi connectivity index (χ0n) is 14.1. The number of rotatable bonds is 3. The summed E-state index contributed by atoms with van der Waals surface area (Å²) in [6.07, 6.45) is 6.83. The Morgan fingerprint density at radius 3 is 2.62 bits per heavy atom. The first-order valence-electron chi connectivity index (χ1n) is 8.38. The number of aromatic nitrogens is 1. The highest BCUT2D eigenvalue weighted by atomic mass is 15.1. The van der Waals surface area contributed by atoms with E-state index in [0.717, 1.165) is 31.1 Å². The molecule has 1 saturated heterocycles. The second-order valence-electron chi connectivity index (χ2n) is 7.44. The molecule has 118 valence electrons. The predicted octanol–water partition coefficient (Wildman–Crippen LogP) is 4.14. The van der Waals surface area contributed by atoms with Gasteiger partial charge < -0.3 is 10.6 Å². The standard InChI is InChI=1S/C18H31N3/c1-5-16(19)17-9-8-15(13-20-17)21-11-6-7-14(10-12-21)18(2,3)4/h8-9,13-14,16H,5-7,10-12,19H2,1-4H3. The molecule has 0 amide bonds. The summed E-state index contributed by atoms with van der Waals surface area (Å²) in [7, 11) is 0. The third-order valence-corrected chi connectivity index (χ3v) is 4.91. The SMILES string of the molecule is CCC(N)c1ccc(N2CCCC(C(C)(C)C)CC2)cn1. The zero-order chi connectivity index (χ0) is 15.5. The van der Waals surface area contributed by atoms with Crippen LogP contribution in [0.4, 0.5) is 5.69 Å². The Hall–Kier alpha value is -1.09. The van der Waals surface area contributed by atoms with E-state index in [1.807, 2.05) is 6.20 Å². The summed E-state index contributed by atoms with van der Waals surface area (Å²) in [5.41, 5.74) is 8.71. The Morgan fingerprint density at radius 1 is 1.29 bits per heavy atom. The lowest BCUT2D eigenvalue weighted by Crippen LogP contribution is -2.26. The Bertz CT molecular complexity index is 433. The van der Waals surface area contributed by atoms with Crippen LogP contribution in [0.3, 0.4) is 0 Å². The molecule has 0 radical (unpaired) electrons. The van der Waals surface area contributed by atoms with Crippen molar-refractivity contribution in [2.75, 3.05) is 18.0 Å². The summed E-state index contributed by atoms with van der Waals surface area (Å²) in [5, 5.41) is 0. The molecule has 2 atom stereocenters. The van der Waals surface area contributed by atoms with Crippen molar-refractivity contribution < 1.29 is 0 Å². The molecule has 1 aromatic heterocycles. The molecule has 2 heterocycles. The molecule has 1 aliphatic heterocycles. The normalized spacial score (nSPS) is 22.0. The molecule has 1 fully saturated rings. The van der Waals surface area contributed by atoms with Gasteiger partial charge in [-0.3, -0.25) is 4.98 Å². The second-order valence-corrected chi connectivity index (χ2v) is 7.44. The number of anilines is 1. The molecule has 2 rings (SSSR count). The maximum atomic E-state index is 6.04. The van der Waals surface area contributed by atoms with Crippen LogP contribution < -0.4 is 10.6 Å². The molecule has 0 spiro atoms. The van der Waals surface area contributed by atoms with Crippen LogP contribution in [0.25, 0.3) is 0 Å². The van der Waals surface area contributed by atoms with Gasteiger partial charge in [0.25, 0.3) is 0 Å². The first-order chi connectivity index (χ1) is 9.91. The molecule has 0 saturated carbocycles. The van der Waals surface area contributed by atoms with Crippen molar-refractivity contribution in [2.24, 2.45) is 17.1 Å². The highest BCUT2D eigenvalue weighted by Crippen LogP contribution is 2.35. The van der Waals surface area contributed by atoms with Crippen LogP contribution in [0.2, 0.25) is 0 Å². The summed E-state index contributed by atoms with van der Waals surface area (Å²) in [5.74, 6) is 0.822. The van der Waals surface area contributed by atoms with Gasteiger partial charge in [0.05, 0.1) is 17.6 Å². The Kier molecular flexibility index (Phi) is 5.26. The Labute approximate surface area is 129 Å². The minimum absolute atomic E-state index is 0.0634. The lowest BCUT2D eigenvalue weighted by molar-refractivity contribution is 0.220. The number of nitrogens with two attached hydrogens (primary N) is 1. The van der Waals surface area contributed by atoms with Gasteiger partial charge in [-0.05, 0) is 49.1 Å². The third-order valence-electron chi connectivity index (χ3n) is 4.91. The minimum Gasteiger partial charge on any atom is -0.370 e. The average molecular weight is 289 g/mol. The van der Waals surface area contributed by atoms with Crippen molar-refractivity contribution in [2.45, 2.75) is 59.4 Å². The second kappa shape index (κ2) is 6.78. The average Bonchev–Trinajstić information content (AvgIpc) is 2.72. The van der Waals surface area contributed by atoms with Gasteiger partial charge >= 0.3 is 0 Å². The first kappa shape index (κ1) is 16.3. The summed E-state index contributed by atoms with van der Waals surface area (Å²) in [6.45, 7) is 11.5. The van der Waals surface area contributed by atoms with E-state index in [9.17, 15) is 0 Å². The van der Waals surface area contributed by atoms with Crippen LogP contribution in [0.1, 0.15) is 65.1 Å². The fraction of sp³-hybridized carbons (Fsp3) is 0.722. The number of hydrogen-bond acceptors (Lipinski definition) is 3. The highest BCUT2D eigenvalue weighted by Gasteiger charge is 2.27. The molecule has 2 unspecified atom stereocenters. The summed E-state index contributed by atoms with van der Waals surface area (Å²) in [4.78, 5) is 7.04. The van der Waals surface area contributed by atoms with E-state index >= 15 is 0 Å². The molecule has 3 nitrogen and oxygen atoms in total. The van der Waals surface area contributed by atoms with Gasteiger partial charge in [-0.15, -0.1) is 0 Å². The molecule has 0 bridgehead atoms. The predicted molar refractivity (Wildman–Crippen MR) is 90.5 cm³/mol. The smallest absolute Gasteiger partial charge is 0.0572 e. The largest absolute Gasteiger partial charge is 0.370 e. The van der Waals surface area contributed by atoms with E-state index in [2.05, 4.69) is 49.7 Å². The third kappa shape index (κ3) is 4.19. The number of pyridine rings is 1. The van der Waals surface area contributed by atoms with Crippen LogP contribution in [0.5, 0.6) is 0 Å². The molecule has 1 aliphatic rings. The van der Waals surface area contributed by atoms with Gasteiger partial charge in [-0.25, -0.2) is 0 Å². The van der Waals surface area contributed by atoms with Crippen LogP contribution in [0, 0.1) is 11.3 Å². The van der Waals surface area contributed by atoms with Gasteiger partial charge in [-0.2, -0.15) is 0 Å². The molecular formula is C18H31N3.